The molecular weight excluding hydrogens is 314 g/mol. The summed E-state index contributed by atoms with van der Waals surface area (Å²) < 4.78 is 11.0. The third-order valence-corrected chi connectivity index (χ3v) is 4.11. The minimum Gasteiger partial charge on any atom is -0.486 e. The van der Waals surface area contributed by atoms with E-state index in [1.807, 2.05) is 37.3 Å². The standard InChI is InChI=1S/C18H18ClNO3/c1-12-2-3-13(10-15(12)19)4-7-18(21)20-14-5-6-16-17(11-14)23-9-8-22-16/h2-3,5-6,10-11H,4,7-9H2,1H3,(H,20,21). The van der Waals surface area contributed by atoms with E-state index in [0.717, 1.165) is 16.1 Å². The maximum atomic E-state index is 12.1. The van der Waals surface area contributed by atoms with Crippen LogP contribution < -0.4 is 14.8 Å². The van der Waals surface area contributed by atoms with Gasteiger partial charge in [0, 0.05) is 23.2 Å². The number of rotatable bonds is 4. The molecule has 0 saturated heterocycles. The molecule has 4 nitrogen and oxygen atoms in total. The molecule has 2 aromatic carbocycles. The number of fused-ring (bicyclic) bond motifs is 1. The molecule has 1 amide bonds. The average Bonchev–Trinajstić information content (AvgIpc) is 2.56. The SMILES string of the molecule is Cc1ccc(CCC(=O)Nc2ccc3c(c2)OCCO3)cc1Cl. The molecule has 23 heavy (non-hydrogen) atoms. The van der Waals surface area contributed by atoms with Crippen LogP contribution in [0.15, 0.2) is 36.4 Å². The average molecular weight is 332 g/mol. The lowest BCUT2D eigenvalue weighted by atomic mass is 10.1. The molecule has 1 aliphatic heterocycles. The minimum atomic E-state index is -0.0432. The molecule has 0 spiro atoms. The number of carbonyl (C=O) groups excluding carboxylic acids is 1. The lowest BCUT2D eigenvalue weighted by Gasteiger charge is -2.19. The van der Waals surface area contributed by atoms with Gasteiger partial charge >= 0.3 is 0 Å². The summed E-state index contributed by atoms with van der Waals surface area (Å²) in [4.78, 5) is 12.1. The number of hydrogen-bond donors (Lipinski definition) is 1. The number of nitrogens with one attached hydrogen (secondary N) is 1. The topological polar surface area (TPSA) is 47.6 Å². The Morgan fingerprint density at radius 3 is 2.70 bits per heavy atom. The maximum absolute atomic E-state index is 12.1. The van der Waals surface area contributed by atoms with Crippen LogP contribution in [-0.4, -0.2) is 19.1 Å². The molecule has 0 bridgehead atoms. The van der Waals surface area contributed by atoms with Crippen molar-refractivity contribution in [3.05, 3.63) is 52.5 Å². The first-order chi connectivity index (χ1) is 11.1. The summed E-state index contributed by atoms with van der Waals surface area (Å²) in [5.41, 5.74) is 2.80. The van der Waals surface area contributed by atoms with E-state index in [-0.39, 0.29) is 5.91 Å². The summed E-state index contributed by atoms with van der Waals surface area (Å²) in [5, 5.41) is 3.61. The second-order valence-electron chi connectivity index (χ2n) is 5.49. The Bertz CT molecular complexity index is 730. The Hall–Kier alpha value is -2.20. The van der Waals surface area contributed by atoms with Crippen LogP contribution in [0.1, 0.15) is 17.5 Å². The van der Waals surface area contributed by atoms with Crippen LogP contribution in [0, 0.1) is 6.92 Å². The van der Waals surface area contributed by atoms with Gasteiger partial charge in [0.15, 0.2) is 11.5 Å². The predicted molar refractivity (Wildman–Crippen MR) is 90.6 cm³/mol. The highest BCUT2D eigenvalue weighted by Gasteiger charge is 2.12. The largest absolute Gasteiger partial charge is 0.486 e. The normalized spacial score (nSPS) is 12.8. The summed E-state index contributed by atoms with van der Waals surface area (Å²) in [6.07, 6.45) is 1.05. The number of carbonyl (C=O) groups is 1. The van der Waals surface area contributed by atoms with Gasteiger partial charge in [-0.1, -0.05) is 23.7 Å². The van der Waals surface area contributed by atoms with Crippen LogP contribution in [0.2, 0.25) is 5.02 Å². The highest BCUT2D eigenvalue weighted by atomic mass is 35.5. The summed E-state index contributed by atoms with van der Waals surface area (Å²) in [6.45, 7) is 3.04. The Morgan fingerprint density at radius 2 is 1.91 bits per heavy atom. The molecule has 0 fully saturated rings. The van der Waals surface area contributed by atoms with Crippen molar-refractivity contribution in [3.63, 3.8) is 0 Å². The third kappa shape index (κ3) is 3.96. The van der Waals surface area contributed by atoms with E-state index < -0.39 is 0 Å². The number of amides is 1. The molecular formula is C18H18ClNO3. The summed E-state index contributed by atoms with van der Waals surface area (Å²) in [6, 6.07) is 11.3. The van der Waals surface area contributed by atoms with Crippen LogP contribution >= 0.6 is 11.6 Å². The zero-order valence-corrected chi connectivity index (χ0v) is 13.7. The fourth-order valence-corrected chi connectivity index (χ4v) is 2.60. The Morgan fingerprint density at radius 1 is 1.13 bits per heavy atom. The lowest BCUT2D eigenvalue weighted by molar-refractivity contribution is -0.116. The zero-order chi connectivity index (χ0) is 16.2. The van der Waals surface area contributed by atoms with Crippen LogP contribution in [0.4, 0.5) is 5.69 Å². The predicted octanol–water partition coefficient (Wildman–Crippen LogP) is 3.99. The first-order valence-electron chi connectivity index (χ1n) is 7.56. The molecule has 3 rings (SSSR count). The number of benzene rings is 2. The molecule has 120 valence electrons. The first kappa shape index (κ1) is 15.7. The van der Waals surface area contributed by atoms with Crippen LogP contribution in [0.25, 0.3) is 0 Å². The van der Waals surface area contributed by atoms with Gasteiger partial charge in [0.05, 0.1) is 0 Å². The number of aryl methyl sites for hydroxylation is 2. The zero-order valence-electron chi connectivity index (χ0n) is 12.9. The molecule has 1 heterocycles. The summed E-state index contributed by atoms with van der Waals surface area (Å²) in [7, 11) is 0. The number of halogens is 1. The molecule has 2 aromatic rings. The smallest absolute Gasteiger partial charge is 0.224 e. The fourth-order valence-electron chi connectivity index (χ4n) is 2.39. The molecule has 0 aliphatic carbocycles. The molecule has 5 heteroatoms. The van der Waals surface area contributed by atoms with Gasteiger partial charge in [-0.15, -0.1) is 0 Å². The second kappa shape index (κ2) is 6.92. The number of hydrogen-bond acceptors (Lipinski definition) is 3. The third-order valence-electron chi connectivity index (χ3n) is 3.70. The van der Waals surface area contributed by atoms with E-state index in [0.29, 0.717) is 43.2 Å². The van der Waals surface area contributed by atoms with Gasteiger partial charge in [-0.05, 0) is 42.7 Å². The molecule has 0 radical (unpaired) electrons. The lowest BCUT2D eigenvalue weighted by Crippen LogP contribution is -2.16. The van der Waals surface area contributed by atoms with E-state index in [1.165, 1.54) is 0 Å². The van der Waals surface area contributed by atoms with Gasteiger partial charge in [-0.2, -0.15) is 0 Å². The molecule has 0 atom stereocenters. The van der Waals surface area contributed by atoms with Crippen molar-refractivity contribution < 1.29 is 14.3 Å². The van der Waals surface area contributed by atoms with Crippen molar-refractivity contribution >= 4 is 23.2 Å². The van der Waals surface area contributed by atoms with Crippen molar-refractivity contribution in [1.82, 2.24) is 0 Å². The van der Waals surface area contributed by atoms with Crippen molar-refractivity contribution in [2.45, 2.75) is 19.8 Å². The van der Waals surface area contributed by atoms with Crippen molar-refractivity contribution in [3.8, 4) is 11.5 Å². The van der Waals surface area contributed by atoms with Gasteiger partial charge in [0.25, 0.3) is 0 Å². The Labute approximate surface area is 140 Å². The Kier molecular flexibility index (Phi) is 4.72. The van der Waals surface area contributed by atoms with Gasteiger partial charge in [-0.25, -0.2) is 0 Å². The highest BCUT2D eigenvalue weighted by Crippen LogP contribution is 2.32. The number of anilines is 1. The van der Waals surface area contributed by atoms with E-state index in [9.17, 15) is 4.79 Å². The monoisotopic (exact) mass is 331 g/mol. The van der Waals surface area contributed by atoms with E-state index in [4.69, 9.17) is 21.1 Å². The van der Waals surface area contributed by atoms with Gasteiger partial charge in [0.2, 0.25) is 5.91 Å². The van der Waals surface area contributed by atoms with Crippen molar-refractivity contribution in [2.75, 3.05) is 18.5 Å². The Balaban J connectivity index is 1.57. The minimum absolute atomic E-state index is 0.0432. The molecule has 1 N–H and O–H groups in total. The van der Waals surface area contributed by atoms with Gasteiger partial charge < -0.3 is 14.8 Å². The van der Waals surface area contributed by atoms with Gasteiger partial charge in [-0.3, -0.25) is 4.79 Å². The quantitative estimate of drug-likeness (QED) is 0.921. The first-order valence-corrected chi connectivity index (χ1v) is 7.94. The molecule has 1 aliphatic rings. The van der Waals surface area contributed by atoms with E-state index in [2.05, 4.69) is 5.32 Å². The van der Waals surface area contributed by atoms with E-state index in [1.54, 1.807) is 6.07 Å². The maximum Gasteiger partial charge on any atom is 0.224 e. The van der Waals surface area contributed by atoms with Crippen LogP contribution in [0.5, 0.6) is 11.5 Å². The molecule has 0 saturated carbocycles. The van der Waals surface area contributed by atoms with Crippen molar-refractivity contribution in [2.24, 2.45) is 0 Å². The van der Waals surface area contributed by atoms with Crippen LogP contribution in [-0.2, 0) is 11.2 Å². The fraction of sp³-hybridized carbons (Fsp3) is 0.278. The summed E-state index contributed by atoms with van der Waals surface area (Å²) in [5.74, 6) is 1.33. The highest BCUT2D eigenvalue weighted by molar-refractivity contribution is 6.31. The number of ether oxygens (including phenoxy) is 2. The van der Waals surface area contributed by atoms with Gasteiger partial charge in [0.1, 0.15) is 13.2 Å². The van der Waals surface area contributed by atoms with Crippen LogP contribution in [0.3, 0.4) is 0 Å². The summed E-state index contributed by atoms with van der Waals surface area (Å²) >= 11 is 6.10. The van der Waals surface area contributed by atoms with Crippen molar-refractivity contribution in [1.29, 1.82) is 0 Å². The van der Waals surface area contributed by atoms with E-state index >= 15 is 0 Å². The molecule has 0 aromatic heterocycles. The second-order valence-corrected chi connectivity index (χ2v) is 5.90. The molecule has 0 unspecified atom stereocenters.